The van der Waals surface area contributed by atoms with Gasteiger partial charge in [-0.05, 0) is 67.9 Å². The molecule has 1 atom stereocenters. The highest BCUT2D eigenvalue weighted by atomic mass is 32.2. The van der Waals surface area contributed by atoms with Gasteiger partial charge in [0.1, 0.15) is 11.6 Å². The Morgan fingerprint density at radius 1 is 0.972 bits per heavy atom. The quantitative estimate of drug-likeness (QED) is 0.346. The van der Waals surface area contributed by atoms with Crippen LogP contribution in [0.5, 0.6) is 0 Å². The number of amides is 1. The summed E-state index contributed by atoms with van der Waals surface area (Å²) in [5.41, 5.74) is 0.602. The summed E-state index contributed by atoms with van der Waals surface area (Å²) in [7, 11) is -0.849. The minimum atomic E-state index is -3.68. The standard InChI is InChI=1S/C26H30FN3O5S/c1-28(2)36(34,35)21-12-8-19(9-13-21)24(31)22-23(18-6-10-20(27)11-7-18)30(26(33)25(22)32)17-16-29-14-4-3-5-15-29/h6-13,23,31H,3-5,14-17H2,1-2H3/t23-/m1/s1. The number of benzene rings is 2. The Bertz CT molecular complexity index is 1270. The third kappa shape index (κ3) is 5.07. The molecule has 2 aliphatic heterocycles. The highest BCUT2D eigenvalue weighted by molar-refractivity contribution is 7.89. The lowest BCUT2D eigenvalue weighted by molar-refractivity contribution is -0.140. The molecule has 1 amide bonds. The summed E-state index contributed by atoms with van der Waals surface area (Å²) in [5, 5.41) is 11.2. The van der Waals surface area contributed by atoms with Crippen molar-refractivity contribution in [1.82, 2.24) is 14.1 Å². The molecule has 10 heteroatoms. The normalized spacial score (nSPS) is 20.9. The van der Waals surface area contributed by atoms with E-state index in [1.54, 1.807) is 0 Å². The molecule has 0 radical (unpaired) electrons. The monoisotopic (exact) mass is 515 g/mol. The molecule has 0 aromatic heterocycles. The number of aliphatic hydroxyl groups excluding tert-OH is 1. The summed E-state index contributed by atoms with van der Waals surface area (Å²) in [6, 6.07) is 10.1. The van der Waals surface area contributed by atoms with E-state index in [1.165, 1.54) is 73.9 Å². The van der Waals surface area contributed by atoms with Crippen LogP contribution in [0.1, 0.15) is 36.4 Å². The van der Waals surface area contributed by atoms with Gasteiger partial charge in [-0.3, -0.25) is 9.59 Å². The van der Waals surface area contributed by atoms with Crippen LogP contribution in [0, 0.1) is 5.82 Å². The average Bonchev–Trinajstić information content (AvgIpc) is 3.13. The van der Waals surface area contributed by atoms with E-state index in [2.05, 4.69) is 4.90 Å². The molecule has 8 nitrogen and oxygen atoms in total. The van der Waals surface area contributed by atoms with Crippen LogP contribution in [0.4, 0.5) is 4.39 Å². The lowest BCUT2D eigenvalue weighted by Crippen LogP contribution is -2.39. The van der Waals surface area contributed by atoms with Gasteiger partial charge in [-0.25, -0.2) is 17.1 Å². The third-order valence-corrected chi connectivity index (χ3v) is 8.57. The van der Waals surface area contributed by atoms with Crippen LogP contribution >= 0.6 is 0 Å². The first-order chi connectivity index (χ1) is 17.1. The van der Waals surface area contributed by atoms with Crippen LogP contribution in [0.3, 0.4) is 0 Å². The lowest BCUT2D eigenvalue weighted by Gasteiger charge is -2.31. The largest absolute Gasteiger partial charge is 0.507 e. The molecule has 0 bridgehead atoms. The zero-order chi connectivity index (χ0) is 26.0. The predicted molar refractivity (Wildman–Crippen MR) is 133 cm³/mol. The molecule has 0 aliphatic carbocycles. The van der Waals surface area contributed by atoms with Crippen molar-refractivity contribution in [1.29, 1.82) is 0 Å². The van der Waals surface area contributed by atoms with Gasteiger partial charge in [0.2, 0.25) is 10.0 Å². The Labute approximate surface area is 210 Å². The second-order valence-electron chi connectivity index (χ2n) is 9.26. The van der Waals surface area contributed by atoms with Gasteiger partial charge in [-0.2, -0.15) is 0 Å². The predicted octanol–water partition coefficient (Wildman–Crippen LogP) is 2.98. The molecular formula is C26H30FN3O5S. The van der Waals surface area contributed by atoms with E-state index in [4.69, 9.17) is 0 Å². The molecular weight excluding hydrogens is 485 g/mol. The molecule has 2 saturated heterocycles. The lowest BCUT2D eigenvalue weighted by atomic mass is 9.95. The van der Waals surface area contributed by atoms with E-state index in [0.717, 1.165) is 30.2 Å². The second-order valence-corrected chi connectivity index (χ2v) is 11.4. The van der Waals surface area contributed by atoms with Crippen molar-refractivity contribution in [2.75, 3.05) is 40.3 Å². The van der Waals surface area contributed by atoms with Gasteiger partial charge < -0.3 is 14.9 Å². The maximum absolute atomic E-state index is 13.7. The maximum Gasteiger partial charge on any atom is 0.295 e. The SMILES string of the molecule is CN(C)S(=O)(=O)c1ccc(C(O)=C2C(=O)C(=O)N(CCN3CCCCC3)[C@@H]2c2ccc(F)cc2)cc1. The number of Topliss-reactive ketones (excluding diaryl/α,β-unsaturated/α-hetero) is 1. The molecule has 192 valence electrons. The van der Waals surface area contributed by atoms with E-state index in [0.29, 0.717) is 12.1 Å². The van der Waals surface area contributed by atoms with Crippen LogP contribution in [-0.4, -0.2) is 79.6 Å². The van der Waals surface area contributed by atoms with Crippen molar-refractivity contribution in [2.45, 2.75) is 30.2 Å². The van der Waals surface area contributed by atoms with Crippen molar-refractivity contribution in [2.24, 2.45) is 0 Å². The maximum atomic E-state index is 13.7. The topological polar surface area (TPSA) is 98.2 Å². The molecule has 0 unspecified atom stereocenters. The van der Waals surface area contributed by atoms with Crippen molar-refractivity contribution in [3.8, 4) is 0 Å². The number of aliphatic hydroxyl groups is 1. The average molecular weight is 516 g/mol. The highest BCUT2D eigenvalue weighted by Gasteiger charge is 2.46. The minimum absolute atomic E-state index is 0.0288. The van der Waals surface area contributed by atoms with Crippen molar-refractivity contribution in [3.63, 3.8) is 0 Å². The molecule has 0 spiro atoms. The van der Waals surface area contributed by atoms with Gasteiger partial charge in [0.25, 0.3) is 11.7 Å². The first-order valence-electron chi connectivity index (χ1n) is 11.9. The van der Waals surface area contributed by atoms with Crippen molar-refractivity contribution < 1.29 is 27.5 Å². The summed E-state index contributed by atoms with van der Waals surface area (Å²) in [5.74, 6) is -2.42. The number of piperidine rings is 1. The van der Waals surface area contributed by atoms with Crippen LogP contribution < -0.4 is 0 Å². The summed E-state index contributed by atoms with van der Waals surface area (Å²) in [6.45, 7) is 2.71. The first kappa shape index (κ1) is 26.0. The van der Waals surface area contributed by atoms with E-state index in [-0.39, 0.29) is 22.6 Å². The Kier molecular flexibility index (Phi) is 7.58. The van der Waals surface area contributed by atoms with E-state index in [9.17, 15) is 27.5 Å². The number of carbonyl (C=O) groups excluding carboxylic acids is 2. The van der Waals surface area contributed by atoms with Gasteiger partial charge in [0.15, 0.2) is 0 Å². The highest BCUT2D eigenvalue weighted by Crippen LogP contribution is 2.39. The zero-order valence-corrected chi connectivity index (χ0v) is 21.2. The molecule has 2 fully saturated rings. The molecule has 36 heavy (non-hydrogen) atoms. The van der Waals surface area contributed by atoms with Crippen molar-refractivity contribution >= 4 is 27.5 Å². The molecule has 1 N–H and O–H groups in total. The number of likely N-dealkylation sites (tertiary alicyclic amines) is 2. The number of hydrogen-bond donors (Lipinski definition) is 1. The number of rotatable bonds is 7. The summed E-state index contributed by atoms with van der Waals surface area (Å²) in [6.07, 6.45) is 3.34. The molecule has 2 aromatic carbocycles. The van der Waals surface area contributed by atoms with Crippen LogP contribution in [0.2, 0.25) is 0 Å². The first-order valence-corrected chi connectivity index (χ1v) is 13.3. The molecule has 2 aromatic rings. The smallest absolute Gasteiger partial charge is 0.295 e. The Morgan fingerprint density at radius 3 is 2.17 bits per heavy atom. The fourth-order valence-electron chi connectivity index (χ4n) is 4.69. The Hall–Kier alpha value is -3.08. The minimum Gasteiger partial charge on any atom is -0.507 e. The number of ketones is 1. The van der Waals surface area contributed by atoms with Crippen LogP contribution in [0.25, 0.3) is 5.76 Å². The Balaban J connectivity index is 1.72. The summed E-state index contributed by atoms with van der Waals surface area (Å²) in [4.78, 5) is 29.9. The molecule has 2 heterocycles. The van der Waals surface area contributed by atoms with Crippen molar-refractivity contribution in [3.05, 3.63) is 71.0 Å². The number of nitrogens with zero attached hydrogens (tertiary/aromatic N) is 3. The number of hydrogen-bond acceptors (Lipinski definition) is 6. The van der Waals surface area contributed by atoms with Crippen LogP contribution in [0.15, 0.2) is 59.0 Å². The fraction of sp³-hybridized carbons (Fsp3) is 0.385. The molecule has 2 aliphatic rings. The van der Waals surface area contributed by atoms with Crippen LogP contribution in [-0.2, 0) is 19.6 Å². The zero-order valence-electron chi connectivity index (χ0n) is 20.4. The van der Waals surface area contributed by atoms with E-state index in [1.807, 2.05) is 0 Å². The van der Waals surface area contributed by atoms with E-state index >= 15 is 0 Å². The Morgan fingerprint density at radius 2 is 1.58 bits per heavy atom. The summed E-state index contributed by atoms with van der Waals surface area (Å²) < 4.78 is 39.5. The van der Waals surface area contributed by atoms with Gasteiger partial charge in [-0.15, -0.1) is 0 Å². The van der Waals surface area contributed by atoms with Gasteiger partial charge in [0, 0.05) is 32.7 Å². The van der Waals surface area contributed by atoms with Gasteiger partial charge >= 0.3 is 0 Å². The second kappa shape index (κ2) is 10.5. The van der Waals surface area contributed by atoms with E-state index < -0.39 is 39.3 Å². The number of halogens is 1. The van der Waals surface area contributed by atoms with Gasteiger partial charge in [0.05, 0.1) is 16.5 Å². The van der Waals surface area contributed by atoms with Gasteiger partial charge in [-0.1, -0.05) is 18.6 Å². The number of sulfonamides is 1. The molecule has 4 rings (SSSR count). The molecule has 0 saturated carbocycles. The number of carbonyl (C=O) groups is 2. The fourth-order valence-corrected chi connectivity index (χ4v) is 5.59. The summed E-state index contributed by atoms with van der Waals surface area (Å²) >= 11 is 0. The third-order valence-electron chi connectivity index (χ3n) is 6.74.